The third-order valence-corrected chi connectivity index (χ3v) is 4.77. The molecule has 0 bridgehead atoms. The summed E-state index contributed by atoms with van der Waals surface area (Å²) >= 11 is 0. The molecule has 1 unspecified atom stereocenters. The minimum absolute atomic E-state index is 0.0679. The summed E-state index contributed by atoms with van der Waals surface area (Å²) < 4.78 is 0. The number of piperazine rings is 1. The monoisotopic (exact) mass is 367 g/mol. The standard InChI is InChI=1S/C20H25N5O2/c1-3-15(2)23-19(26)17-14-16(7-9-21-17)20(27)25-12-10-24(11-13-25)18-6-4-5-8-22-18/h4-9,14-15H,3,10-13H2,1-2H3,(H,23,26). The van der Waals surface area contributed by atoms with E-state index in [1.54, 1.807) is 18.3 Å². The number of nitrogens with one attached hydrogen (secondary N) is 1. The average molecular weight is 367 g/mol. The molecular weight excluding hydrogens is 342 g/mol. The van der Waals surface area contributed by atoms with Gasteiger partial charge < -0.3 is 15.1 Å². The van der Waals surface area contributed by atoms with Crippen LogP contribution in [0.3, 0.4) is 0 Å². The predicted octanol–water partition coefficient (Wildman–Crippen LogP) is 1.97. The van der Waals surface area contributed by atoms with E-state index in [0.29, 0.717) is 18.7 Å². The minimum Gasteiger partial charge on any atom is -0.353 e. The van der Waals surface area contributed by atoms with Gasteiger partial charge in [0.2, 0.25) is 0 Å². The molecule has 0 radical (unpaired) electrons. The molecule has 7 nitrogen and oxygen atoms in total. The highest BCUT2D eigenvalue weighted by molar-refractivity contribution is 5.98. The van der Waals surface area contributed by atoms with Gasteiger partial charge in [0.15, 0.2) is 0 Å². The zero-order valence-electron chi connectivity index (χ0n) is 15.8. The van der Waals surface area contributed by atoms with E-state index in [0.717, 1.165) is 25.3 Å². The Bertz CT molecular complexity index is 788. The van der Waals surface area contributed by atoms with Gasteiger partial charge in [0.1, 0.15) is 11.5 Å². The third-order valence-electron chi connectivity index (χ3n) is 4.77. The summed E-state index contributed by atoms with van der Waals surface area (Å²) in [6.07, 6.45) is 4.13. The van der Waals surface area contributed by atoms with Crippen molar-refractivity contribution in [3.63, 3.8) is 0 Å². The molecule has 0 aliphatic carbocycles. The van der Waals surface area contributed by atoms with E-state index in [2.05, 4.69) is 20.2 Å². The topological polar surface area (TPSA) is 78.4 Å². The molecule has 2 amide bonds. The van der Waals surface area contributed by atoms with Crippen LogP contribution >= 0.6 is 0 Å². The Hall–Kier alpha value is -2.96. The molecule has 2 aromatic heterocycles. The van der Waals surface area contributed by atoms with E-state index >= 15 is 0 Å². The van der Waals surface area contributed by atoms with Crippen LogP contribution in [0.15, 0.2) is 42.7 Å². The molecule has 1 fully saturated rings. The highest BCUT2D eigenvalue weighted by atomic mass is 16.2. The Morgan fingerprint density at radius 3 is 2.56 bits per heavy atom. The second kappa shape index (κ2) is 8.62. The van der Waals surface area contributed by atoms with Crippen molar-refractivity contribution >= 4 is 17.6 Å². The maximum absolute atomic E-state index is 12.8. The van der Waals surface area contributed by atoms with Gasteiger partial charge >= 0.3 is 0 Å². The largest absolute Gasteiger partial charge is 0.353 e. The number of aromatic nitrogens is 2. The van der Waals surface area contributed by atoms with Gasteiger partial charge in [0.25, 0.3) is 11.8 Å². The van der Waals surface area contributed by atoms with Crippen LogP contribution in [0, 0.1) is 0 Å². The number of pyridine rings is 2. The van der Waals surface area contributed by atoms with Crippen molar-refractivity contribution in [2.24, 2.45) is 0 Å². The van der Waals surface area contributed by atoms with E-state index in [-0.39, 0.29) is 23.6 Å². The third kappa shape index (κ3) is 4.61. The number of anilines is 1. The van der Waals surface area contributed by atoms with Gasteiger partial charge in [-0.3, -0.25) is 14.6 Å². The maximum atomic E-state index is 12.8. The van der Waals surface area contributed by atoms with Gasteiger partial charge in [-0.05, 0) is 37.6 Å². The molecule has 3 rings (SSSR count). The number of amides is 2. The Morgan fingerprint density at radius 2 is 1.89 bits per heavy atom. The van der Waals surface area contributed by atoms with Gasteiger partial charge in [-0.15, -0.1) is 0 Å². The van der Waals surface area contributed by atoms with E-state index in [9.17, 15) is 9.59 Å². The summed E-state index contributed by atoms with van der Waals surface area (Å²) in [5, 5.41) is 2.88. The number of carbonyl (C=O) groups is 2. The zero-order chi connectivity index (χ0) is 19.2. The number of carbonyl (C=O) groups excluding carboxylic acids is 2. The van der Waals surface area contributed by atoms with Crippen LogP contribution < -0.4 is 10.2 Å². The summed E-state index contributed by atoms with van der Waals surface area (Å²) in [5.41, 5.74) is 0.763. The van der Waals surface area contributed by atoms with Gasteiger partial charge in [-0.1, -0.05) is 13.0 Å². The Kier molecular flexibility index (Phi) is 6.01. The van der Waals surface area contributed by atoms with Crippen molar-refractivity contribution in [3.8, 4) is 0 Å². The van der Waals surface area contributed by atoms with E-state index in [1.165, 1.54) is 6.20 Å². The highest BCUT2D eigenvalue weighted by Crippen LogP contribution is 2.15. The van der Waals surface area contributed by atoms with E-state index in [4.69, 9.17) is 0 Å². The first-order valence-corrected chi connectivity index (χ1v) is 9.30. The first-order valence-electron chi connectivity index (χ1n) is 9.30. The fourth-order valence-electron chi connectivity index (χ4n) is 2.95. The molecule has 1 aliphatic heterocycles. The van der Waals surface area contributed by atoms with Gasteiger partial charge in [0.05, 0.1) is 0 Å². The van der Waals surface area contributed by atoms with Gasteiger partial charge in [-0.2, -0.15) is 0 Å². The number of rotatable bonds is 5. The molecule has 27 heavy (non-hydrogen) atoms. The molecule has 1 atom stereocenters. The molecule has 0 spiro atoms. The highest BCUT2D eigenvalue weighted by Gasteiger charge is 2.23. The lowest BCUT2D eigenvalue weighted by atomic mass is 10.1. The predicted molar refractivity (Wildman–Crippen MR) is 104 cm³/mol. The molecule has 1 saturated heterocycles. The summed E-state index contributed by atoms with van der Waals surface area (Å²) in [4.78, 5) is 37.5. The summed E-state index contributed by atoms with van der Waals surface area (Å²) in [6, 6.07) is 9.13. The Balaban J connectivity index is 1.63. The Morgan fingerprint density at radius 1 is 1.11 bits per heavy atom. The van der Waals surface area contributed by atoms with Crippen LogP contribution in [0.1, 0.15) is 41.1 Å². The Labute approximate surface area is 159 Å². The fourth-order valence-corrected chi connectivity index (χ4v) is 2.95. The van der Waals surface area contributed by atoms with Crippen molar-refractivity contribution in [3.05, 3.63) is 54.0 Å². The van der Waals surface area contributed by atoms with Gasteiger partial charge in [-0.25, -0.2) is 4.98 Å². The van der Waals surface area contributed by atoms with Crippen molar-refractivity contribution in [1.82, 2.24) is 20.2 Å². The van der Waals surface area contributed by atoms with Crippen LogP contribution in [-0.4, -0.2) is 58.9 Å². The molecule has 1 N–H and O–H groups in total. The minimum atomic E-state index is -0.251. The SMILES string of the molecule is CCC(C)NC(=O)c1cc(C(=O)N2CCN(c3ccccn3)CC2)ccn1. The molecule has 2 aromatic rings. The van der Waals surface area contributed by atoms with Crippen LogP contribution in [0.4, 0.5) is 5.82 Å². The number of hydrogen-bond acceptors (Lipinski definition) is 5. The van der Waals surface area contributed by atoms with Crippen LogP contribution in [0.2, 0.25) is 0 Å². The number of hydrogen-bond donors (Lipinski definition) is 1. The molecule has 7 heteroatoms. The van der Waals surface area contributed by atoms with E-state index < -0.39 is 0 Å². The van der Waals surface area contributed by atoms with Crippen molar-refractivity contribution in [1.29, 1.82) is 0 Å². The maximum Gasteiger partial charge on any atom is 0.270 e. The van der Waals surface area contributed by atoms with Gasteiger partial charge in [0, 0.05) is 50.2 Å². The first kappa shape index (κ1) is 18.8. The molecule has 0 aromatic carbocycles. The lowest BCUT2D eigenvalue weighted by Crippen LogP contribution is -2.49. The fraction of sp³-hybridized carbons (Fsp3) is 0.400. The summed E-state index contributed by atoms with van der Waals surface area (Å²) in [5.74, 6) is 0.604. The van der Waals surface area contributed by atoms with Crippen LogP contribution in [-0.2, 0) is 0 Å². The number of nitrogens with zero attached hydrogens (tertiary/aromatic N) is 4. The first-order chi connectivity index (χ1) is 13.1. The molecule has 142 valence electrons. The van der Waals surface area contributed by atoms with Crippen molar-refractivity contribution in [2.75, 3.05) is 31.1 Å². The summed E-state index contributed by atoms with van der Waals surface area (Å²) in [7, 11) is 0. The smallest absolute Gasteiger partial charge is 0.270 e. The zero-order valence-corrected chi connectivity index (χ0v) is 15.8. The van der Waals surface area contributed by atoms with Crippen molar-refractivity contribution in [2.45, 2.75) is 26.3 Å². The quantitative estimate of drug-likeness (QED) is 0.874. The van der Waals surface area contributed by atoms with E-state index in [1.807, 2.05) is 36.9 Å². The normalized spacial score (nSPS) is 15.3. The lowest BCUT2D eigenvalue weighted by Gasteiger charge is -2.35. The second-order valence-corrected chi connectivity index (χ2v) is 6.68. The van der Waals surface area contributed by atoms with Crippen LogP contribution in [0.25, 0.3) is 0 Å². The second-order valence-electron chi connectivity index (χ2n) is 6.68. The molecule has 3 heterocycles. The lowest BCUT2D eigenvalue weighted by molar-refractivity contribution is 0.0746. The molecule has 1 aliphatic rings. The van der Waals surface area contributed by atoms with Crippen molar-refractivity contribution < 1.29 is 9.59 Å². The van der Waals surface area contributed by atoms with Crippen LogP contribution in [0.5, 0.6) is 0 Å². The average Bonchev–Trinajstić information content (AvgIpc) is 2.74. The molecular formula is C20H25N5O2. The molecule has 0 saturated carbocycles. The summed E-state index contributed by atoms with van der Waals surface area (Å²) in [6.45, 7) is 6.64.